The molecule has 6 heteroatoms. The van der Waals surface area contributed by atoms with Crippen molar-refractivity contribution in [2.24, 2.45) is 5.41 Å². The molecule has 1 aromatic carbocycles. The molecule has 1 aliphatic carbocycles. The van der Waals surface area contributed by atoms with Crippen molar-refractivity contribution in [3.8, 4) is 5.75 Å². The predicted molar refractivity (Wildman–Crippen MR) is 123 cm³/mol. The van der Waals surface area contributed by atoms with Crippen LogP contribution in [-0.2, 0) is 4.79 Å². The molecular formula is C26H36FNO4. The first kappa shape index (κ1) is 24.3. The Morgan fingerprint density at radius 3 is 2.47 bits per heavy atom. The summed E-state index contributed by atoms with van der Waals surface area (Å²) in [5, 5.41) is 9.60. The molecule has 1 saturated heterocycles. The maximum Gasteiger partial charge on any atom is 0.326 e. The van der Waals surface area contributed by atoms with Gasteiger partial charge in [-0.2, -0.15) is 0 Å². The van der Waals surface area contributed by atoms with Crippen LogP contribution in [0, 0.1) is 11.2 Å². The third-order valence-corrected chi connectivity index (χ3v) is 7.46. The lowest BCUT2D eigenvalue weighted by atomic mass is 9.80. The van der Waals surface area contributed by atoms with Gasteiger partial charge in [-0.15, -0.1) is 6.58 Å². The number of carboxylic acids is 1. The number of likely N-dealkylation sites (tertiary alicyclic amines) is 1. The van der Waals surface area contributed by atoms with Gasteiger partial charge in [-0.25, -0.2) is 9.18 Å². The number of halogens is 1. The number of carbonyl (C=O) groups is 2. The van der Waals surface area contributed by atoms with Gasteiger partial charge in [0, 0.05) is 17.0 Å². The van der Waals surface area contributed by atoms with Crippen LogP contribution in [0.4, 0.5) is 4.39 Å². The van der Waals surface area contributed by atoms with E-state index in [9.17, 15) is 14.7 Å². The summed E-state index contributed by atoms with van der Waals surface area (Å²) in [6, 6.07) is 1.99. The highest BCUT2D eigenvalue weighted by Crippen LogP contribution is 2.46. The smallest absolute Gasteiger partial charge is 0.326 e. The van der Waals surface area contributed by atoms with Crippen molar-refractivity contribution in [3.63, 3.8) is 0 Å². The fourth-order valence-electron chi connectivity index (χ4n) is 4.85. The second kappa shape index (κ2) is 9.24. The standard InChI is InChI=1S/C26H36FNO4/c1-6-12-26(7-2,8-3)16-32-22-15-20(27)19(14-18(22)17-9-10-17)23(29)28-21(24(30)31)11-13-25(28,4)5/h6,14-15,17,21H,1,7-13,16H2,2-5H3,(H,30,31). The van der Waals surface area contributed by atoms with Crippen LogP contribution in [0.3, 0.4) is 0 Å². The van der Waals surface area contributed by atoms with E-state index in [1.54, 1.807) is 6.07 Å². The van der Waals surface area contributed by atoms with Crippen molar-refractivity contribution < 1.29 is 23.8 Å². The largest absolute Gasteiger partial charge is 0.493 e. The highest BCUT2D eigenvalue weighted by atomic mass is 19.1. The van der Waals surface area contributed by atoms with Crippen molar-refractivity contribution in [1.29, 1.82) is 0 Å². The number of benzene rings is 1. The van der Waals surface area contributed by atoms with E-state index >= 15 is 4.39 Å². The monoisotopic (exact) mass is 445 g/mol. The normalized spacial score (nSPS) is 20.3. The van der Waals surface area contributed by atoms with E-state index in [1.807, 2.05) is 19.9 Å². The minimum atomic E-state index is -1.05. The summed E-state index contributed by atoms with van der Waals surface area (Å²) in [4.78, 5) is 26.4. The van der Waals surface area contributed by atoms with E-state index in [2.05, 4.69) is 20.4 Å². The molecule has 0 radical (unpaired) electrons. The van der Waals surface area contributed by atoms with Gasteiger partial charge in [-0.1, -0.05) is 19.9 Å². The number of aliphatic carboxylic acids is 1. The number of ether oxygens (including phenoxy) is 1. The predicted octanol–water partition coefficient (Wildman–Crippen LogP) is 5.93. The number of amides is 1. The Labute approximate surface area is 190 Å². The highest BCUT2D eigenvalue weighted by Gasteiger charge is 2.47. The van der Waals surface area contributed by atoms with Crippen LogP contribution >= 0.6 is 0 Å². The van der Waals surface area contributed by atoms with Crippen LogP contribution < -0.4 is 4.74 Å². The minimum absolute atomic E-state index is 0.0537. The van der Waals surface area contributed by atoms with Crippen LogP contribution in [0.2, 0.25) is 0 Å². The first-order valence-electron chi connectivity index (χ1n) is 11.7. The first-order chi connectivity index (χ1) is 15.1. The van der Waals surface area contributed by atoms with E-state index in [4.69, 9.17) is 4.74 Å². The summed E-state index contributed by atoms with van der Waals surface area (Å²) < 4.78 is 21.4. The molecule has 2 aliphatic rings. The van der Waals surface area contributed by atoms with Gasteiger partial charge in [-0.05, 0) is 76.3 Å². The highest BCUT2D eigenvalue weighted by molar-refractivity contribution is 5.98. The van der Waals surface area contributed by atoms with Gasteiger partial charge >= 0.3 is 5.97 Å². The molecule has 2 fully saturated rings. The molecular weight excluding hydrogens is 409 g/mol. The molecule has 1 amide bonds. The van der Waals surface area contributed by atoms with E-state index in [0.717, 1.165) is 37.7 Å². The summed E-state index contributed by atoms with van der Waals surface area (Å²) >= 11 is 0. The van der Waals surface area contributed by atoms with Crippen LogP contribution in [0.5, 0.6) is 5.75 Å². The van der Waals surface area contributed by atoms with Gasteiger partial charge < -0.3 is 14.7 Å². The van der Waals surface area contributed by atoms with Gasteiger partial charge in [0.05, 0.1) is 12.2 Å². The van der Waals surface area contributed by atoms with Crippen LogP contribution in [0.25, 0.3) is 0 Å². The topological polar surface area (TPSA) is 66.8 Å². The number of carbonyl (C=O) groups excluding carboxylic acids is 1. The Kier molecular flexibility index (Phi) is 7.01. The third-order valence-electron chi connectivity index (χ3n) is 7.46. The molecule has 1 saturated carbocycles. The minimum Gasteiger partial charge on any atom is -0.493 e. The quantitative estimate of drug-likeness (QED) is 0.453. The van der Waals surface area contributed by atoms with Crippen molar-refractivity contribution >= 4 is 11.9 Å². The fourth-order valence-corrected chi connectivity index (χ4v) is 4.85. The second-order valence-corrected chi connectivity index (χ2v) is 10.0. The van der Waals surface area contributed by atoms with Gasteiger partial charge in [-0.3, -0.25) is 4.79 Å². The van der Waals surface area contributed by atoms with E-state index in [0.29, 0.717) is 25.2 Å². The summed E-state index contributed by atoms with van der Waals surface area (Å²) in [6.07, 6.45) is 7.45. The van der Waals surface area contributed by atoms with Crippen molar-refractivity contribution in [3.05, 3.63) is 41.7 Å². The molecule has 1 heterocycles. The Balaban J connectivity index is 1.93. The van der Waals surface area contributed by atoms with Crippen LogP contribution in [0.15, 0.2) is 24.8 Å². The molecule has 1 atom stereocenters. The molecule has 0 aromatic heterocycles. The lowest BCUT2D eigenvalue weighted by Crippen LogP contribution is -2.50. The Hall–Kier alpha value is -2.37. The zero-order chi connectivity index (χ0) is 23.7. The molecule has 3 rings (SSSR count). The average molecular weight is 446 g/mol. The lowest BCUT2D eigenvalue weighted by molar-refractivity contribution is -0.142. The van der Waals surface area contributed by atoms with Crippen molar-refractivity contribution in [2.75, 3.05) is 6.61 Å². The lowest BCUT2D eigenvalue weighted by Gasteiger charge is -2.34. The molecule has 176 valence electrons. The maximum absolute atomic E-state index is 15.2. The number of carboxylic acid groups (broad SMARTS) is 1. The van der Waals surface area contributed by atoms with Gasteiger partial charge in [0.15, 0.2) is 0 Å². The number of hydrogen-bond donors (Lipinski definition) is 1. The number of nitrogens with zero attached hydrogens (tertiary/aromatic N) is 1. The summed E-state index contributed by atoms with van der Waals surface area (Å²) in [5.41, 5.74) is 0.0812. The number of allylic oxidation sites excluding steroid dienone is 1. The summed E-state index contributed by atoms with van der Waals surface area (Å²) in [6.45, 7) is 12.2. The number of hydrogen-bond acceptors (Lipinski definition) is 3. The molecule has 32 heavy (non-hydrogen) atoms. The third kappa shape index (κ3) is 4.69. The van der Waals surface area contributed by atoms with Crippen molar-refractivity contribution in [2.45, 2.75) is 90.1 Å². The summed E-state index contributed by atoms with van der Waals surface area (Å²) in [5.74, 6) is -1.54. The molecule has 1 aliphatic heterocycles. The number of rotatable bonds is 10. The average Bonchev–Trinajstić information content (AvgIpc) is 3.53. The molecule has 1 unspecified atom stereocenters. The first-order valence-corrected chi connectivity index (χ1v) is 11.7. The van der Waals surface area contributed by atoms with Crippen LogP contribution in [0.1, 0.15) is 94.5 Å². The van der Waals surface area contributed by atoms with E-state index < -0.39 is 29.3 Å². The van der Waals surface area contributed by atoms with E-state index in [1.165, 1.54) is 11.0 Å². The molecule has 0 bridgehead atoms. The fraction of sp³-hybridized carbons (Fsp3) is 0.615. The van der Waals surface area contributed by atoms with Crippen LogP contribution in [-0.4, -0.2) is 40.1 Å². The summed E-state index contributed by atoms with van der Waals surface area (Å²) in [7, 11) is 0. The Morgan fingerprint density at radius 2 is 1.94 bits per heavy atom. The molecule has 1 N–H and O–H groups in total. The zero-order valence-electron chi connectivity index (χ0n) is 19.7. The Morgan fingerprint density at radius 1 is 1.28 bits per heavy atom. The maximum atomic E-state index is 15.2. The SMILES string of the molecule is C=CCC(CC)(CC)COc1cc(F)c(C(=O)N2C(C(=O)O)CCC2(C)C)cc1C1CC1. The van der Waals surface area contributed by atoms with E-state index in [-0.39, 0.29) is 16.9 Å². The Bertz CT molecular complexity index is 886. The molecule has 1 aromatic rings. The molecule has 5 nitrogen and oxygen atoms in total. The van der Waals surface area contributed by atoms with Gasteiger partial charge in [0.25, 0.3) is 5.91 Å². The molecule has 0 spiro atoms. The van der Waals surface area contributed by atoms with Gasteiger partial charge in [0.2, 0.25) is 0 Å². The second-order valence-electron chi connectivity index (χ2n) is 10.0. The van der Waals surface area contributed by atoms with Gasteiger partial charge in [0.1, 0.15) is 17.6 Å². The zero-order valence-corrected chi connectivity index (χ0v) is 19.7. The van der Waals surface area contributed by atoms with Crippen molar-refractivity contribution in [1.82, 2.24) is 4.90 Å².